The second-order valence-corrected chi connectivity index (χ2v) is 7.29. The average Bonchev–Trinajstić information content (AvgIpc) is 3.12. The number of hydrogen-bond acceptors (Lipinski definition) is 3. The van der Waals surface area contributed by atoms with Crippen LogP contribution in [-0.2, 0) is 6.42 Å². The number of hydrogen-bond donors (Lipinski definition) is 2. The number of aromatic nitrogens is 1. The number of nitrogens with two attached hydrogens (primary N) is 1. The molecule has 2 heterocycles. The smallest absolute Gasteiger partial charge is 0.119 e. The van der Waals surface area contributed by atoms with Gasteiger partial charge >= 0.3 is 0 Å². The van der Waals surface area contributed by atoms with Crippen molar-refractivity contribution < 1.29 is 4.74 Å². The Morgan fingerprint density at radius 2 is 2.00 bits per heavy atom. The van der Waals surface area contributed by atoms with Gasteiger partial charge < -0.3 is 15.5 Å². The highest BCUT2D eigenvalue weighted by atomic mass is 32.1. The number of unbranched alkanes of at least 4 members (excludes halogenated alkanes) is 1. The molecule has 0 fully saturated rings. The number of H-pyrrole nitrogens is 1. The molecule has 3 aromatic rings. The Morgan fingerprint density at radius 1 is 1.17 bits per heavy atom. The zero-order valence-corrected chi connectivity index (χ0v) is 14.8. The summed E-state index contributed by atoms with van der Waals surface area (Å²) in [5, 5.41) is 1.28. The number of aromatic amines is 1. The normalized spacial score (nSPS) is 11.3. The van der Waals surface area contributed by atoms with E-state index in [2.05, 4.69) is 43.1 Å². The van der Waals surface area contributed by atoms with E-state index >= 15 is 0 Å². The molecule has 1 aromatic carbocycles. The molecule has 3 N–H and O–H groups in total. The van der Waals surface area contributed by atoms with E-state index < -0.39 is 0 Å². The number of thiophene rings is 1. The molecule has 0 saturated carbocycles. The fourth-order valence-corrected chi connectivity index (χ4v) is 3.99. The van der Waals surface area contributed by atoms with Gasteiger partial charge in [-0.1, -0.05) is 0 Å². The average molecular weight is 328 g/mol. The third-order valence-electron chi connectivity index (χ3n) is 4.29. The Labute approximate surface area is 141 Å². The first kappa shape index (κ1) is 16.1. The fourth-order valence-electron chi connectivity index (χ4n) is 3.10. The number of ether oxygens (including phenoxy) is 1. The van der Waals surface area contributed by atoms with Crippen molar-refractivity contribution in [2.45, 2.75) is 33.1 Å². The van der Waals surface area contributed by atoms with Crippen molar-refractivity contribution >= 4 is 22.2 Å². The highest BCUT2D eigenvalue weighted by Gasteiger charge is 2.16. The summed E-state index contributed by atoms with van der Waals surface area (Å²) in [6.07, 6.45) is 3.20. The molecular formula is C19H24N2OS. The van der Waals surface area contributed by atoms with Crippen molar-refractivity contribution in [1.29, 1.82) is 0 Å². The predicted octanol–water partition coefficient (Wildman–Crippen LogP) is 4.80. The van der Waals surface area contributed by atoms with Gasteiger partial charge in [-0.05, 0) is 75.0 Å². The van der Waals surface area contributed by atoms with Gasteiger partial charge in [0.15, 0.2) is 0 Å². The largest absolute Gasteiger partial charge is 0.497 e. The van der Waals surface area contributed by atoms with E-state index in [0.29, 0.717) is 0 Å². The summed E-state index contributed by atoms with van der Waals surface area (Å²) in [5.74, 6) is 0.919. The second-order valence-electron chi connectivity index (χ2n) is 6.00. The molecule has 0 saturated heterocycles. The monoisotopic (exact) mass is 328 g/mol. The summed E-state index contributed by atoms with van der Waals surface area (Å²) in [6.45, 7) is 5.03. The van der Waals surface area contributed by atoms with Crippen molar-refractivity contribution in [1.82, 2.24) is 4.98 Å². The molecule has 3 rings (SSSR count). The van der Waals surface area contributed by atoms with Crippen LogP contribution >= 0.6 is 11.3 Å². The summed E-state index contributed by atoms with van der Waals surface area (Å²) in [6, 6.07) is 8.64. The lowest BCUT2D eigenvalue weighted by Gasteiger charge is -2.05. The third kappa shape index (κ3) is 3.14. The lowest BCUT2D eigenvalue weighted by Crippen LogP contribution is -1.99. The second kappa shape index (κ2) is 6.77. The van der Waals surface area contributed by atoms with Crippen LogP contribution in [0.2, 0.25) is 0 Å². The summed E-state index contributed by atoms with van der Waals surface area (Å²) >= 11 is 1.84. The van der Waals surface area contributed by atoms with Crippen molar-refractivity contribution in [2.75, 3.05) is 13.7 Å². The first-order valence-corrected chi connectivity index (χ1v) is 8.91. The van der Waals surface area contributed by atoms with Gasteiger partial charge in [0.25, 0.3) is 0 Å². The van der Waals surface area contributed by atoms with E-state index in [4.69, 9.17) is 10.5 Å². The van der Waals surface area contributed by atoms with E-state index in [0.717, 1.165) is 31.6 Å². The van der Waals surface area contributed by atoms with E-state index in [1.165, 1.54) is 37.5 Å². The molecule has 0 amide bonds. The van der Waals surface area contributed by atoms with Gasteiger partial charge in [0, 0.05) is 15.8 Å². The molecule has 0 unspecified atom stereocenters. The van der Waals surface area contributed by atoms with Gasteiger partial charge in [0.05, 0.1) is 17.7 Å². The molecule has 4 heteroatoms. The summed E-state index contributed by atoms with van der Waals surface area (Å²) in [7, 11) is 1.73. The maximum absolute atomic E-state index is 5.68. The minimum Gasteiger partial charge on any atom is -0.497 e. The SMILES string of the molecule is COc1cc(C)c2[nH]c(-c3ccc(C)s3)c(CCCCN)c2c1. The molecule has 0 aliphatic rings. The number of aryl methyl sites for hydroxylation is 3. The van der Waals surface area contributed by atoms with Gasteiger partial charge in [-0.2, -0.15) is 0 Å². The summed E-state index contributed by atoms with van der Waals surface area (Å²) in [5.41, 5.74) is 10.8. The number of nitrogens with one attached hydrogen (secondary N) is 1. The Balaban J connectivity index is 2.17. The van der Waals surface area contributed by atoms with E-state index in [1.807, 2.05) is 11.3 Å². The maximum atomic E-state index is 5.68. The standard InChI is InChI=1S/C19H24N2OS/c1-12-10-14(22-3)11-16-15(6-4-5-9-20)19(21-18(12)16)17-8-7-13(2)23-17/h7-8,10-11,21H,4-6,9,20H2,1-3H3. The molecule has 0 aliphatic heterocycles. The summed E-state index contributed by atoms with van der Waals surface area (Å²) < 4.78 is 5.47. The minimum atomic E-state index is 0.748. The predicted molar refractivity (Wildman–Crippen MR) is 99.6 cm³/mol. The Hall–Kier alpha value is -1.78. The topological polar surface area (TPSA) is 51.0 Å². The third-order valence-corrected chi connectivity index (χ3v) is 5.31. The number of benzene rings is 1. The van der Waals surface area contributed by atoms with Crippen LogP contribution in [0.3, 0.4) is 0 Å². The van der Waals surface area contributed by atoms with Crippen LogP contribution in [0.4, 0.5) is 0 Å². The molecule has 2 aromatic heterocycles. The highest BCUT2D eigenvalue weighted by molar-refractivity contribution is 7.15. The van der Waals surface area contributed by atoms with Gasteiger partial charge in [0.2, 0.25) is 0 Å². The van der Waals surface area contributed by atoms with Gasteiger partial charge in [-0.3, -0.25) is 0 Å². The van der Waals surface area contributed by atoms with Crippen LogP contribution in [-0.4, -0.2) is 18.6 Å². The highest BCUT2D eigenvalue weighted by Crippen LogP contribution is 2.37. The van der Waals surface area contributed by atoms with E-state index in [9.17, 15) is 0 Å². The quantitative estimate of drug-likeness (QED) is 0.638. The molecule has 0 spiro atoms. The summed E-state index contributed by atoms with van der Waals surface area (Å²) in [4.78, 5) is 6.30. The molecule has 0 aliphatic carbocycles. The van der Waals surface area contributed by atoms with Crippen LogP contribution in [0.1, 0.15) is 28.8 Å². The van der Waals surface area contributed by atoms with Crippen molar-refractivity contribution in [2.24, 2.45) is 5.73 Å². The number of methoxy groups -OCH3 is 1. The van der Waals surface area contributed by atoms with Crippen LogP contribution in [0.15, 0.2) is 24.3 Å². The van der Waals surface area contributed by atoms with Gasteiger partial charge in [-0.25, -0.2) is 0 Å². The van der Waals surface area contributed by atoms with Crippen LogP contribution in [0, 0.1) is 13.8 Å². The molecule has 23 heavy (non-hydrogen) atoms. The van der Waals surface area contributed by atoms with Crippen LogP contribution in [0.5, 0.6) is 5.75 Å². The lowest BCUT2D eigenvalue weighted by molar-refractivity contribution is 0.415. The fraction of sp³-hybridized carbons (Fsp3) is 0.368. The zero-order valence-electron chi connectivity index (χ0n) is 14.0. The Bertz CT molecular complexity index is 816. The van der Waals surface area contributed by atoms with Crippen LogP contribution < -0.4 is 10.5 Å². The van der Waals surface area contributed by atoms with Crippen molar-refractivity contribution in [3.8, 4) is 16.3 Å². The maximum Gasteiger partial charge on any atom is 0.119 e. The molecular weight excluding hydrogens is 304 g/mol. The van der Waals surface area contributed by atoms with E-state index in [1.54, 1.807) is 7.11 Å². The molecule has 0 atom stereocenters. The Morgan fingerprint density at radius 3 is 2.65 bits per heavy atom. The van der Waals surface area contributed by atoms with Gasteiger partial charge in [-0.15, -0.1) is 11.3 Å². The lowest BCUT2D eigenvalue weighted by atomic mass is 10.0. The van der Waals surface area contributed by atoms with Gasteiger partial charge in [0.1, 0.15) is 5.75 Å². The minimum absolute atomic E-state index is 0.748. The Kier molecular flexibility index (Phi) is 4.74. The number of fused-ring (bicyclic) bond motifs is 1. The number of rotatable bonds is 6. The first-order valence-electron chi connectivity index (χ1n) is 8.10. The van der Waals surface area contributed by atoms with Crippen molar-refractivity contribution in [3.63, 3.8) is 0 Å². The molecule has 122 valence electrons. The first-order chi connectivity index (χ1) is 11.1. The zero-order chi connectivity index (χ0) is 16.4. The van der Waals surface area contributed by atoms with E-state index in [-0.39, 0.29) is 0 Å². The van der Waals surface area contributed by atoms with Crippen molar-refractivity contribution in [3.05, 3.63) is 40.3 Å². The molecule has 0 bridgehead atoms. The molecule has 0 radical (unpaired) electrons. The van der Waals surface area contributed by atoms with Crippen LogP contribution in [0.25, 0.3) is 21.5 Å². The molecule has 3 nitrogen and oxygen atoms in total.